The zero-order valence-electron chi connectivity index (χ0n) is 31.2. The molecular formula is C43H47FN6O4. The Balaban J connectivity index is 1.13. The van der Waals surface area contributed by atoms with E-state index < -0.39 is 0 Å². The van der Waals surface area contributed by atoms with Crippen LogP contribution >= 0.6 is 0 Å². The number of nitrogens with zero attached hydrogens (tertiary/aromatic N) is 3. The molecule has 280 valence electrons. The van der Waals surface area contributed by atoms with Crippen molar-refractivity contribution in [3.63, 3.8) is 0 Å². The lowest BCUT2D eigenvalue weighted by Crippen LogP contribution is -2.57. The number of H-pyrrole nitrogens is 2. The first kappa shape index (κ1) is 36.5. The Morgan fingerprint density at radius 3 is 2.19 bits per heavy atom. The maximum absolute atomic E-state index is 13.8. The van der Waals surface area contributed by atoms with E-state index in [1.54, 1.807) is 45.1 Å². The normalized spacial score (nSPS) is 14.2. The average molecular weight is 731 g/mol. The smallest absolute Gasteiger partial charge is 0.234 e. The summed E-state index contributed by atoms with van der Waals surface area (Å²) in [5.74, 6) is 1.16. The molecule has 0 saturated carbocycles. The second kappa shape index (κ2) is 16.1. The number of para-hydroxylation sites is 1. The van der Waals surface area contributed by atoms with Crippen molar-refractivity contribution >= 4 is 45.0 Å². The number of piperidine rings is 1. The molecule has 6 aromatic rings. The van der Waals surface area contributed by atoms with Crippen molar-refractivity contribution < 1.29 is 23.5 Å². The number of amides is 2. The van der Waals surface area contributed by atoms with Gasteiger partial charge in [0.1, 0.15) is 17.3 Å². The van der Waals surface area contributed by atoms with E-state index in [0.717, 1.165) is 57.1 Å². The van der Waals surface area contributed by atoms with Crippen LogP contribution in [0, 0.1) is 5.82 Å². The zero-order chi connectivity index (χ0) is 37.8. The van der Waals surface area contributed by atoms with Crippen LogP contribution in [0.3, 0.4) is 0 Å². The van der Waals surface area contributed by atoms with Gasteiger partial charge in [-0.2, -0.15) is 0 Å². The second-order valence-electron chi connectivity index (χ2n) is 14.1. The number of hydrazine groups is 1. The van der Waals surface area contributed by atoms with Crippen molar-refractivity contribution in [1.29, 1.82) is 0 Å². The Morgan fingerprint density at radius 1 is 0.833 bits per heavy atom. The number of carbonyl (C=O) groups excluding carboxylic acids is 2. The molecule has 3 N–H and O–H groups in total. The first-order valence-electron chi connectivity index (χ1n) is 18.4. The molecule has 1 aliphatic rings. The Bertz CT molecular complexity index is 2220. The second-order valence-corrected chi connectivity index (χ2v) is 14.1. The van der Waals surface area contributed by atoms with Gasteiger partial charge in [0.05, 0.1) is 20.3 Å². The monoisotopic (exact) mass is 730 g/mol. The van der Waals surface area contributed by atoms with Crippen LogP contribution in [0.15, 0.2) is 97.3 Å². The Morgan fingerprint density at radius 2 is 1.50 bits per heavy atom. The molecule has 2 amide bonds. The molecule has 1 fully saturated rings. The third-order valence-corrected chi connectivity index (χ3v) is 10.5. The molecule has 0 spiro atoms. The molecule has 11 heteroatoms. The molecule has 1 saturated heterocycles. The van der Waals surface area contributed by atoms with Gasteiger partial charge in [-0.3, -0.25) is 14.6 Å². The SMILES string of the molecule is COc1cc(CN(C[C@@H](Cc2c[nH]c3ccccc23)N(C(C)=O)N2CCC(c3c[nH]c4ccc(Nc5ccc(F)cc5)cc34)CC2)C(C)=O)cc(OC)c1. The van der Waals surface area contributed by atoms with Crippen molar-refractivity contribution in [2.45, 2.75) is 51.6 Å². The van der Waals surface area contributed by atoms with Gasteiger partial charge in [0.15, 0.2) is 0 Å². The van der Waals surface area contributed by atoms with Gasteiger partial charge >= 0.3 is 0 Å². The van der Waals surface area contributed by atoms with Gasteiger partial charge in [0, 0.05) is 91.7 Å². The number of carbonyl (C=O) groups is 2. The van der Waals surface area contributed by atoms with Gasteiger partial charge in [-0.05, 0) is 103 Å². The van der Waals surface area contributed by atoms with Gasteiger partial charge in [-0.1, -0.05) is 18.2 Å². The quantitative estimate of drug-likeness (QED) is 0.111. The van der Waals surface area contributed by atoms with Crippen LogP contribution in [0.2, 0.25) is 0 Å². The van der Waals surface area contributed by atoms with Gasteiger partial charge in [-0.15, -0.1) is 0 Å². The Labute approximate surface area is 314 Å². The van der Waals surface area contributed by atoms with Gasteiger partial charge in [-0.25, -0.2) is 9.40 Å². The fraction of sp³-hybridized carbons (Fsp3) is 0.302. The number of hydrogen-bond acceptors (Lipinski definition) is 6. The van der Waals surface area contributed by atoms with Gasteiger partial charge in [0.25, 0.3) is 0 Å². The molecule has 3 heterocycles. The van der Waals surface area contributed by atoms with Crippen LogP contribution in [-0.2, 0) is 22.6 Å². The predicted molar refractivity (Wildman–Crippen MR) is 210 cm³/mol. The summed E-state index contributed by atoms with van der Waals surface area (Å²) < 4.78 is 24.5. The van der Waals surface area contributed by atoms with E-state index in [2.05, 4.69) is 44.7 Å². The molecule has 4 aromatic carbocycles. The third kappa shape index (κ3) is 8.06. The number of benzene rings is 4. The summed E-state index contributed by atoms with van der Waals surface area (Å²) in [6, 6.07) is 26.0. The van der Waals surface area contributed by atoms with Crippen LogP contribution in [0.4, 0.5) is 15.8 Å². The van der Waals surface area contributed by atoms with E-state index in [1.165, 1.54) is 17.7 Å². The summed E-state index contributed by atoms with van der Waals surface area (Å²) in [7, 11) is 3.21. The number of ether oxygens (including phenoxy) is 2. The number of anilines is 2. The number of aromatic nitrogens is 2. The molecule has 0 unspecified atom stereocenters. The molecule has 1 aliphatic heterocycles. The lowest BCUT2D eigenvalue weighted by Gasteiger charge is -2.44. The average Bonchev–Trinajstić information content (AvgIpc) is 3.79. The minimum absolute atomic E-state index is 0.0616. The largest absolute Gasteiger partial charge is 0.497 e. The van der Waals surface area contributed by atoms with E-state index in [0.29, 0.717) is 44.1 Å². The van der Waals surface area contributed by atoms with E-state index >= 15 is 0 Å². The first-order valence-corrected chi connectivity index (χ1v) is 18.4. The molecule has 1 atom stereocenters. The summed E-state index contributed by atoms with van der Waals surface area (Å²) in [5.41, 5.74) is 7.04. The summed E-state index contributed by atoms with van der Waals surface area (Å²) in [6.07, 6.45) is 6.39. The number of halogens is 1. The zero-order valence-corrected chi connectivity index (χ0v) is 31.2. The van der Waals surface area contributed by atoms with Crippen molar-refractivity contribution in [3.05, 3.63) is 120 Å². The maximum atomic E-state index is 13.8. The Hall–Kier alpha value is -5.81. The number of nitrogens with one attached hydrogen (secondary N) is 3. The van der Waals surface area contributed by atoms with Crippen molar-refractivity contribution in [2.24, 2.45) is 0 Å². The Kier molecular flexibility index (Phi) is 10.9. The van der Waals surface area contributed by atoms with Crippen LogP contribution < -0.4 is 14.8 Å². The van der Waals surface area contributed by atoms with E-state index in [-0.39, 0.29) is 29.6 Å². The third-order valence-electron chi connectivity index (χ3n) is 10.5. The van der Waals surface area contributed by atoms with Crippen molar-refractivity contribution in [1.82, 2.24) is 24.9 Å². The fourth-order valence-corrected chi connectivity index (χ4v) is 7.86. The molecule has 7 rings (SSSR count). The highest BCUT2D eigenvalue weighted by Crippen LogP contribution is 2.36. The number of methoxy groups -OCH3 is 2. The van der Waals surface area contributed by atoms with Crippen LogP contribution in [0.25, 0.3) is 21.8 Å². The highest BCUT2D eigenvalue weighted by atomic mass is 19.1. The minimum atomic E-state index is -0.331. The minimum Gasteiger partial charge on any atom is -0.497 e. The van der Waals surface area contributed by atoms with Crippen LogP contribution in [-0.4, -0.2) is 76.6 Å². The molecule has 54 heavy (non-hydrogen) atoms. The lowest BCUT2D eigenvalue weighted by atomic mass is 9.89. The first-order chi connectivity index (χ1) is 26.2. The highest BCUT2D eigenvalue weighted by Gasteiger charge is 2.34. The van der Waals surface area contributed by atoms with E-state index in [1.807, 2.05) is 53.7 Å². The van der Waals surface area contributed by atoms with Crippen molar-refractivity contribution in [2.75, 3.05) is 39.2 Å². The summed E-state index contributed by atoms with van der Waals surface area (Å²) in [5, 5.41) is 9.73. The topological polar surface area (TPSA) is 106 Å². The van der Waals surface area contributed by atoms with Crippen molar-refractivity contribution in [3.8, 4) is 11.5 Å². The standard InChI is InChI=1S/C43H47FN6O4/c1-28(51)48(26-30-19-37(53-3)23-38(20-30)54-4)27-36(21-32-24-45-42-8-6-5-7-39(32)42)50(29(2)52)49-17-15-31(16-18-49)41-25-46-43-14-13-35(22-40(41)43)47-34-11-9-33(44)10-12-34/h5-14,19-20,22-25,31,36,45-47H,15-18,21,26-27H2,1-4H3/t36-/m1/s1. The number of hydrogen-bond donors (Lipinski definition) is 3. The molecule has 0 bridgehead atoms. The van der Waals surface area contributed by atoms with Crippen LogP contribution in [0.1, 0.15) is 49.3 Å². The lowest BCUT2D eigenvalue weighted by molar-refractivity contribution is -0.158. The predicted octanol–water partition coefficient (Wildman–Crippen LogP) is 8.15. The maximum Gasteiger partial charge on any atom is 0.234 e. The molecular weight excluding hydrogens is 684 g/mol. The fourth-order valence-electron chi connectivity index (χ4n) is 7.86. The summed E-state index contributed by atoms with van der Waals surface area (Å²) in [4.78, 5) is 35.7. The van der Waals surface area contributed by atoms with E-state index in [9.17, 15) is 14.0 Å². The molecule has 2 aromatic heterocycles. The van der Waals surface area contributed by atoms with E-state index in [4.69, 9.17) is 9.47 Å². The number of rotatable bonds is 13. The summed E-state index contributed by atoms with van der Waals surface area (Å²) >= 11 is 0. The summed E-state index contributed by atoms with van der Waals surface area (Å²) in [6.45, 7) is 5.23. The number of aromatic amines is 2. The highest BCUT2D eigenvalue weighted by molar-refractivity contribution is 5.88. The number of fused-ring (bicyclic) bond motifs is 2. The molecule has 0 radical (unpaired) electrons. The van der Waals surface area contributed by atoms with Crippen LogP contribution in [0.5, 0.6) is 11.5 Å². The molecule has 0 aliphatic carbocycles. The molecule has 10 nitrogen and oxygen atoms in total. The van der Waals surface area contributed by atoms with Gasteiger partial charge in [0.2, 0.25) is 11.8 Å². The van der Waals surface area contributed by atoms with Gasteiger partial charge < -0.3 is 29.7 Å².